The van der Waals surface area contributed by atoms with Crippen LogP contribution in [0.2, 0.25) is 0 Å². The number of phenols is 2. The van der Waals surface area contributed by atoms with Gasteiger partial charge in [0, 0.05) is 0 Å². The summed E-state index contributed by atoms with van der Waals surface area (Å²) in [7, 11) is -4.02. The van der Waals surface area contributed by atoms with Crippen molar-refractivity contribution in [2.24, 2.45) is 0 Å². The molecule has 0 aliphatic carbocycles. The Hall–Kier alpha value is -2.01. The first-order valence-electron chi connectivity index (χ1n) is 7.34. The highest BCUT2D eigenvalue weighted by molar-refractivity contribution is 7.91. The molecule has 0 atom stereocenters. The van der Waals surface area contributed by atoms with Crippen molar-refractivity contribution in [3.8, 4) is 11.5 Å². The molecule has 124 valence electrons. The molecule has 0 amide bonds. The largest absolute Gasteiger partial charge is 0.506 e. The van der Waals surface area contributed by atoms with Gasteiger partial charge < -0.3 is 10.2 Å². The monoisotopic (exact) mass is 334 g/mol. The van der Waals surface area contributed by atoms with Gasteiger partial charge in [-0.15, -0.1) is 0 Å². The van der Waals surface area contributed by atoms with Crippen molar-refractivity contribution in [3.05, 3.63) is 45.5 Å². The van der Waals surface area contributed by atoms with E-state index in [2.05, 4.69) is 0 Å². The quantitative estimate of drug-likeness (QED) is 0.876. The van der Waals surface area contributed by atoms with Crippen LogP contribution < -0.4 is 0 Å². The molecule has 0 aliphatic heterocycles. The summed E-state index contributed by atoms with van der Waals surface area (Å²) in [6.45, 7) is 10.6. The maximum Gasteiger partial charge on any atom is 0.213 e. The van der Waals surface area contributed by atoms with Crippen LogP contribution in [0.15, 0.2) is 21.9 Å². The van der Waals surface area contributed by atoms with Crippen LogP contribution in [0.3, 0.4) is 0 Å². The molecule has 23 heavy (non-hydrogen) atoms. The minimum Gasteiger partial charge on any atom is -0.506 e. The van der Waals surface area contributed by atoms with E-state index in [1.165, 1.54) is 12.1 Å². The van der Waals surface area contributed by atoms with E-state index in [1.54, 1.807) is 27.7 Å². The molecule has 0 saturated carbocycles. The third-order valence-electron chi connectivity index (χ3n) is 4.76. The van der Waals surface area contributed by atoms with Crippen LogP contribution in [0.5, 0.6) is 11.5 Å². The minimum atomic E-state index is -4.02. The number of hydrogen-bond acceptors (Lipinski definition) is 4. The normalized spacial score (nSPS) is 11.7. The molecule has 0 saturated heterocycles. The van der Waals surface area contributed by atoms with Crippen LogP contribution in [0, 0.1) is 41.5 Å². The average Bonchev–Trinajstić information content (AvgIpc) is 2.49. The molecule has 2 aromatic rings. The van der Waals surface area contributed by atoms with Crippen LogP contribution in [0.1, 0.15) is 33.4 Å². The third-order valence-corrected chi connectivity index (χ3v) is 6.54. The third kappa shape index (κ3) is 2.59. The predicted octanol–water partition coefficient (Wildman–Crippen LogP) is 3.78. The second-order valence-electron chi connectivity index (χ2n) is 6.08. The van der Waals surface area contributed by atoms with Crippen molar-refractivity contribution in [2.45, 2.75) is 51.3 Å². The molecule has 0 aliphatic rings. The van der Waals surface area contributed by atoms with E-state index in [0.717, 1.165) is 22.3 Å². The Morgan fingerprint density at radius 2 is 0.957 bits per heavy atom. The summed E-state index contributed by atoms with van der Waals surface area (Å²) < 4.78 is 26.0. The second kappa shape index (κ2) is 5.57. The van der Waals surface area contributed by atoms with E-state index < -0.39 is 9.84 Å². The predicted molar refractivity (Wildman–Crippen MR) is 90.1 cm³/mol. The van der Waals surface area contributed by atoms with Crippen molar-refractivity contribution in [1.82, 2.24) is 0 Å². The number of phenolic OH excluding ortho intramolecular Hbond substituents is 2. The van der Waals surface area contributed by atoms with Gasteiger partial charge in [0.25, 0.3) is 0 Å². The number of rotatable bonds is 2. The Morgan fingerprint density at radius 3 is 1.26 bits per heavy atom. The number of benzene rings is 2. The van der Waals surface area contributed by atoms with Crippen LogP contribution >= 0.6 is 0 Å². The summed E-state index contributed by atoms with van der Waals surface area (Å²) in [5.74, 6) is -0.522. The van der Waals surface area contributed by atoms with Crippen molar-refractivity contribution >= 4 is 9.84 Å². The zero-order chi connectivity index (χ0) is 17.7. The van der Waals surface area contributed by atoms with Gasteiger partial charge in [-0.2, -0.15) is 0 Å². The molecule has 4 nitrogen and oxygen atoms in total. The van der Waals surface area contributed by atoms with Crippen LogP contribution in [0.25, 0.3) is 0 Å². The first kappa shape index (κ1) is 17.3. The van der Waals surface area contributed by atoms with Gasteiger partial charge in [-0.3, -0.25) is 0 Å². The lowest BCUT2D eigenvalue weighted by Crippen LogP contribution is -2.07. The van der Waals surface area contributed by atoms with Gasteiger partial charge >= 0.3 is 0 Å². The van der Waals surface area contributed by atoms with Gasteiger partial charge in [0.05, 0.1) is 0 Å². The first-order valence-corrected chi connectivity index (χ1v) is 8.83. The molecule has 0 bridgehead atoms. The van der Waals surface area contributed by atoms with Crippen molar-refractivity contribution in [3.63, 3.8) is 0 Å². The first-order chi connectivity index (χ1) is 10.5. The lowest BCUT2D eigenvalue weighted by Gasteiger charge is -2.16. The molecular weight excluding hydrogens is 312 g/mol. The van der Waals surface area contributed by atoms with E-state index in [4.69, 9.17) is 0 Å². The summed E-state index contributed by atoms with van der Waals surface area (Å²) >= 11 is 0. The van der Waals surface area contributed by atoms with Crippen molar-refractivity contribution in [1.29, 1.82) is 0 Å². The maximum absolute atomic E-state index is 13.0. The summed E-state index contributed by atoms with van der Waals surface area (Å²) in [5, 5.41) is 20.6. The van der Waals surface area contributed by atoms with E-state index in [9.17, 15) is 18.6 Å². The Kier molecular flexibility index (Phi) is 4.20. The molecule has 2 rings (SSSR count). The molecule has 0 spiro atoms. The van der Waals surface area contributed by atoms with Gasteiger partial charge in [0.15, 0.2) is 0 Å². The molecule has 0 fully saturated rings. The summed E-state index contributed by atoms with van der Waals surface area (Å²) in [6, 6.07) is 2.91. The van der Waals surface area contributed by atoms with E-state index >= 15 is 0 Å². The smallest absolute Gasteiger partial charge is 0.213 e. The lowest BCUT2D eigenvalue weighted by molar-refractivity contribution is 0.447. The van der Waals surface area contributed by atoms with Gasteiger partial charge in [-0.05, 0) is 87.1 Å². The highest BCUT2D eigenvalue weighted by Crippen LogP contribution is 2.39. The molecule has 0 heterocycles. The average molecular weight is 334 g/mol. The zero-order valence-electron chi connectivity index (χ0n) is 14.3. The summed E-state index contributed by atoms with van der Waals surface area (Å²) in [4.78, 5) is -0.341. The molecular formula is C18H22O4S. The van der Waals surface area contributed by atoms with Crippen LogP contribution in [0.4, 0.5) is 0 Å². The summed E-state index contributed by atoms with van der Waals surface area (Å²) in [5.41, 5.74) is 4.31. The topological polar surface area (TPSA) is 74.6 Å². The van der Waals surface area contributed by atoms with Gasteiger partial charge in [-0.25, -0.2) is 8.42 Å². The maximum atomic E-state index is 13.0. The Bertz CT molecular complexity index is 840. The van der Waals surface area contributed by atoms with E-state index in [-0.39, 0.29) is 21.3 Å². The SMILES string of the molecule is Cc1cc(S(=O)(=O)c2cc(C)c(C)c(C)c2O)c(O)c(C)c1C. The minimum absolute atomic E-state index is 0.170. The fraction of sp³-hybridized carbons (Fsp3) is 0.333. The standard InChI is InChI=1S/C18H22O4S/c1-9-7-15(17(19)13(5)11(9)3)23(21,22)16-8-10(2)12(4)14(6)18(16)20/h7-8,19-20H,1-6H3. The lowest BCUT2D eigenvalue weighted by atomic mass is 10.0. The van der Waals surface area contributed by atoms with Gasteiger partial charge in [-0.1, -0.05) is 0 Å². The fourth-order valence-corrected chi connectivity index (χ4v) is 4.31. The van der Waals surface area contributed by atoms with Crippen molar-refractivity contribution in [2.75, 3.05) is 0 Å². The Labute approximate surface area is 137 Å². The molecule has 0 unspecified atom stereocenters. The molecule has 0 aromatic heterocycles. The molecule has 2 N–H and O–H groups in total. The Morgan fingerprint density at radius 1 is 0.652 bits per heavy atom. The fourth-order valence-electron chi connectivity index (χ4n) is 2.59. The number of aryl methyl sites for hydroxylation is 2. The number of hydrogen-bond donors (Lipinski definition) is 2. The van der Waals surface area contributed by atoms with Gasteiger partial charge in [0.1, 0.15) is 21.3 Å². The summed E-state index contributed by atoms with van der Waals surface area (Å²) in [6.07, 6.45) is 0. The van der Waals surface area contributed by atoms with Crippen LogP contribution in [-0.2, 0) is 9.84 Å². The molecule has 2 aromatic carbocycles. The van der Waals surface area contributed by atoms with Gasteiger partial charge in [0.2, 0.25) is 9.84 Å². The number of sulfone groups is 1. The second-order valence-corrected chi connectivity index (χ2v) is 7.97. The molecule has 5 heteroatoms. The van der Waals surface area contributed by atoms with E-state index in [0.29, 0.717) is 11.1 Å². The van der Waals surface area contributed by atoms with Crippen LogP contribution in [-0.4, -0.2) is 18.6 Å². The Balaban J connectivity index is 2.85. The zero-order valence-corrected chi connectivity index (χ0v) is 15.1. The van der Waals surface area contributed by atoms with Crippen molar-refractivity contribution < 1.29 is 18.6 Å². The highest BCUT2D eigenvalue weighted by Gasteiger charge is 2.28. The number of aromatic hydroxyl groups is 2. The highest BCUT2D eigenvalue weighted by atomic mass is 32.2. The molecule has 0 radical (unpaired) electrons. The van der Waals surface area contributed by atoms with E-state index in [1.807, 2.05) is 13.8 Å².